The Morgan fingerprint density at radius 2 is 1.95 bits per heavy atom. The molecule has 2 aliphatic carbocycles. The predicted octanol–water partition coefficient (Wildman–Crippen LogP) is 6.79. The fourth-order valence-corrected chi connectivity index (χ4v) is 7.76. The molecule has 5 atom stereocenters. The van der Waals surface area contributed by atoms with Crippen molar-refractivity contribution in [1.29, 1.82) is 0 Å². The number of hydrogen-bond donors (Lipinski definition) is 1. The van der Waals surface area contributed by atoms with Crippen LogP contribution in [0.15, 0.2) is 48.5 Å². The molecule has 3 aromatic rings. The molecule has 6 rings (SSSR count). The predicted molar refractivity (Wildman–Crippen MR) is 151 cm³/mol. The maximum atomic E-state index is 15.0. The summed E-state index contributed by atoms with van der Waals surface area (Å²) in [5.74, 6) is -0.496. The van der Waals surface area contributed by atoms with E-state index in [-0.39, 0.29) is 35.2 Å². The fourth-order valence-electron chi connectivity index (χ4n) is 5.98. The van der Waals surface area contributed by atoms with Crippen LogP contribution < -0.4 is 4.74 Å². The zero-order chi connectivity index (χ0) is 27.3. The third-order valence-electron chi connectivity index (χ3n) is 8.46. The first-order chi connectivity index (χ1) is 18.8. The SMILES string of the molecule is COc1cc2c(s1)CCN(C(C(=O)C1CC1Cc1ccc(C(Br)C(O)C3CC3)c(F)c1)c1ccccc1F)C2. The van der Waals surface area contributed by atoms with Gasteiger partial charge < -0.3 is 9.84 Å². The molecule has 1 N–H and O–H groups in total. The second-order valence-corrected chi connectivity index (χ2v) is 13.2. The summed E-state index contributed by atoms with van der Waals surface area (Å²) in [5, 5.41) is 11.3. The Morgan fingerprint density at radius 1 is 1.15 bits per heavy atom. The lowest BCUT2D eigenvalue weighted by Gasteiger charge is -2.34. The first-order valence-corrected chi connectivity index (χ1v) is 15.4. The molecule has 3 aliphatic rings. The number of methoxy groups -OCH3 is 1. The number of aliphatic hydroxyl groups is 1. The minimum atomic E-state index is -0.655. The molecule has 206 valence electrons. The minimum Gasteiger partial charge on any atom is -0.487 e. The number of nitrogens with zero attached hydrogens (tertiary/aromatic N) is 1. The van der Waals surface area contributed by atoms with Crippen molar-refractivity contribution in [3.8, 4) is 5.06 Å². The number of ketones is 1. The molecule has 2 aromatic carbocycles. The van der Waals surface area contributed by atoms with Gasteiger partial charge in [-0.2, -0.15) is 0 Å². The van der Waals surface area contributed by atoms with Gasteiger partial charge in [0, 0.05) is 35.0 Å². The van der Waals surface area contributed by atoms with E-state index in [2.05, 4.69) is 20.8 Å². The molecule has 0 saturated heterocycles. The monoisotopic (exact) mass is 615 g/mol. The molecule has 0 bridgehead atoms. The van der Waals surface area contributed by atoms with Crippen molar-refractivity contribution in [2.75, 3.05) is 13.7 Å². The van der Waals surface area contributed by atoms with Gasteiger partial charge in [0.05, 0.1) is 24.1 Å². The molecule has 2 heterocycles. The number of benzene rings is 2. The average Bonchev–Trinajstić information content (AvgIpc) is 3.86. The van der Waals surface area contributed by atoms with Crippen molar-refractivity contribution < 1.29 is 23.4 Å². The van der Waals surface area contributed by atoms with E-state index in [0.29, 0.717) is 30.6 Å². The Hall–Kier alpha value is -2.13. The van der Waals surface area contributed by atoms with Gasteiger partial charge in [0.1, 0.15) is 11.6 Å². The first-order valence-electron chi connectivity index (χ1n) is 13.6. The molecule has 4 nitrogen and oxygen atoms in total. The topological polar surface area (TPSA) is 49.8 Å². The summed E-state index contributed by atoms with van der Waals surface area (Å²) in [7, 11) is 1.66. The number of aliphatic hydroxyl groups excluding tert-OH is 1. The number of halogens is 3. The van der Waals surface area contributed by atoms with Gasteiger partial charge in [-0.1, -0.05) is 46.3 Å². The number of Topliss-reactive ketones (excluding diaryl/α,β-unsaturated/α-hetero) is 1. The van der Waals surface area contributed by atoms with Crippen LogP contribution in [-0.4, -0.2) is 35.5 Å². The fraction of sp³-hybridized carbons (Fsp3) is 0.452. The lowest BCUT2D eigenvalue weighted by atomic mass is 9.93. The molecule has 2 fully saturated rings. The number of ether oxygens (including phenoxy) is 1. The molecule has 2 saturated carbocycles. The number of rotatable bonds is 10. The van der Waals surface area contributed by atoms with E-state index in [1.165, 1.54) is 17.0 Å². The Bertz CT molecular complexity index is 1380. The summed E-state index contributed by atoms with van der Waals surface area (Å²) in [4.78, 5) is 16.9. The minimum absolute atomic E-state index is 0.0425. The molecular weight excluding hydrogens is 584 g/mol. The summed E-state index contributed by atoms with van der Waals surface area (Å²) in [6, 6.07) is 13.1. The van der Waals surface area contributed by atoms with Crippen molar-refractivity contribution in [3.63, 3.8) is 0 Å². The lowest BCUT2D eigenvalue weighted by Crippen LogP contribution is -2.39. The van der Waals surface area contributed by atoms with Crippen LogP contribution in [0.25, 0.3) is 0 Å². The second-order valence-electron chi connectivity index (χ2n) is 11.2. The van der Waals surface area contributed by atoms with Gasteiger partial charge in [-0.05, 0) is 73.3 Å². The largest absolute Gasteiger partial charge is 0.487 e. The third kappa shape index (κ3) is 5.58. The molecule has 39 heavy (non-hydrogen) atoms. The summed E-state index contributed by atoms with van der Waals surface area (Å²) >= 11 is 5.11. The number of fused-ring (bicyclic) bond motifs is 1. The summed E-state index contributed by atoms with van der Waals surface area (Å²) in [5.41, 5.74) is 2.87. The van der Waals surface area contributed by atoms with Crippen LogP contribution in [0.4, 0.5) is 8.78 Å². The maximum absolute atomic E-state index is 15.0. The van der Waals surface area contributed by atoms with Gasteiger partial charge in [0.25, 0.3) is 0 Å². The Balaban J connectivity index is 1.17. The maximum Gasteiger partial charge on any atom is 0.173 e. The van der Waals surface area contributed by atoms with Gasteiger partial charge in [0.2, 0.25) is 0 Å². The third-order valence-corrected chi connectivity index (χ3v) is 10.7. The Morgan fingerprint density at radius 3 is 2.67 bits per heavy atom. The molecule has 8 heteroatoms. The highest BCUT2D eigenvalue weighted by Crippen LogP contribution is 2.47. The van der Waals surface area contributed by atoms with E-state index in [9.17, 15) is 14.3 Å². The highest BCUT2D eigenvalue weighted by atomic mass is 79.9. The summed E-state index contributed by atoms with van der Waals surface area (Å²) in [6.45, 7) is 1.25. The molecule has 1 aromatic heterocycles. The van der Waals surface area contributed by atoms with Crippen LogP contribution in [0.5, 0.6) is 5.06 Å². The van der Waals surface area contributed by atoms with Crippen molar-refractivity contribution in [3.05, 3.63) is 87.3 Å². The number of thiophene rings is 1. The molecular formula is C31H32BrF2NO3S. The van der Waals surface area contributed by atoms with Gasteiger partial charge in [-0.15, -0.1) is 11.3 Å². The van der Waals surface area contributed by atoms with Gasteiger partial charge in [-0.3, -0.25) is 9.69 Å². The average molecular weight is 617 g/mol. The van der Waals surface area contributed by atoms with Crippen LogP contribution in [0, 0.1) is 29.4 Å². The van der Waals surface area contributed by atoms with E-state index in [4.69, 9.17) is 4.74 Å². The number of carbonyl (C=O) groups excluding carboxylic acids is 1. The van der Waals surface area contributed by atoms with E-state index in [0.717, 1.165) is 41.9 Å². The Kier molecular flexibility index (Phi) is 7.66. The lowest BCUT2D eigenvalue weighted by molar-refractivity contribution is -0.126. The van der Waals surface area contributed by atoms with Crippen LogP contribution in [0.1, 0.15) is 57.3 Å². The highest BCUT2D eigenvalue weighted by molar-refractivity contribution is 9.09. The van der Waals surface area contributed by atoms with Crippen LogP contribution in [-0.2, 0) is 24.2 Å². The van der Waals surface area contributed by atoms with Gasteiger partial charge >= 0.3 is 0 Å². The van der Waals surface area contributed by atoms with Crippen molar-refractivity contribution in [2.24, 2.45) is 17.8 Å². The molecule has 1 aliphatic heterocycles. The van der Waals surface area contributed by atoms with E-state index in [1.807, 2.05) is 12.1 Å². The summed E-state index contributed by atoms with van der Waals surface area (Å²) in [6.07, 6.45) is 3.49. The summed E-state index contributed by atoms with van der Waals surface area (Å²) < 4.78 is 35.4. The number of hydrogen-bond acceptors (Lipinski definition) is 5. The number of carbonyl (C=O) groups is 1. The van der Waals surface area contributed by atoms with Crippen molar-refractivity contribution >= 4 is 33.0 Å². The molecule has 5 unspecified atom stereocenters. The van der Waals surface area contributed by atoms with Crippen molar-refractivity contribution in [2.45, 2.75) is 55.6 Å². The van der Waals surface area contributed by atoms with Crippen LogP contribution >= 0.6 is 27.3 Å². The van der Waals surface area contributed by atoms with Gasteiger partial charge in [0.15, 0.2) is 10.8 Å². The van der Waals surface area contributed by atoms with Gasteiger partial charge in [-0.25, -0.2) is 8.78 Å². The zero-order valence-corrected chi connectivity index (χ0v) is 24.2. The van der Waals surface area contributed by atoms with Crippen LogP contribution in [0.3, 0.4) is 0 Å². The standard InChI is InChI=1S/C31H32BrF2NO3S/c1-38-27-15-20-16-35(11-10-26(20)39-27)29(22-4-2-3-5-24(22)33)31(37)23-14-19(23)12-17-6-9-21(25(34)13-17)28(32)30(36)18-7-8-18/h2-6,9,13,15,18-19,23,28-30,36H,7-8,10-12,14,16H2,1H3. The van der Waals surface area contributed by atoms with E-state index in [1.54, 1.807) is 42.7 Å². The smallest absolute Gasteiger partial charge is 0.173 e. The first kappa shape index (κ1) is 27.1. The molecule has 0 radical (unpaired) electrons. The Labute approximate surface area is 240 Å². The second kappa shape index (κ2) is 11.0. The molecule has 0 spiro atoms. The highest BCUT2D eigenvalue weighted by Gasteiger charge is 2.47. The zero-order valence-electron chi connectivity index (χ0n) is 21.8. The van der Waals surface area contributed by atoms with Crippen molar-refractivity contribution in [1.82, 2.24) is 4.90 Å². The van der Waals surface area contributed by atoms with E-state index < -0.39 is 17.0 Å². The normalized spacial score (nSPS) is 23.1. The van der Waals surface area contributed by atoms with Crippen LogP contribution in [0.2, 0.25) is 0 Å². The molecule has 0 amide bonds. The van der Waals surface area contributed by atoms with E-state index >= 15 is 4.39 Å². The quantitative estimate of drug-likeness (QED) is 0.255. The number of alkyl halides is 1.